The molecule has 4 aliphatic heterocycles. The third-order valence-electron chi connectivity index (χ3n) is 10.1. The van der Waals surface area contributed by atoms with E-state index in [1.807, 2.05) is 46.2 Å². The van der Waals surface area contributed by atoms with Crippen molar-refractivity contribution in [2.45, 2.75) is 90.1 Å². The third kappa shape index (κ3) is 5.60. The summed E-state index contributed by atoms with van der Waals surface area (Å²) >= 11 is 14.1. The summed E-state index contributed by atoms with van der Waals surface area (Å²) in [5.41, 5.74) is 2.42. The molecule has 240 valence electrons. The highest BCUT2D eigenvalue weighted by atomic mass is 35.5. The number of aliphatic imine (C=N–C) groups is 1. The zero-order valence-corrected chi connectivity index (χ0v) is 29.5. The highest BCUT2D eigenvalue weighted by Gasteiger charge is 2.54. The molecule has 4 heterocycles. The second-order valence-corrected chi connectivity index (χ2v) is 15.5. The van der Waals surface area contributed by atoms with Gasteiger partial charge in [-0.15, -0.1) is 0 Å². The van der Waals surface area contributed by atoms with E-state index in [4.69, 9.17) is 28.2 Å². The Hall–Kier alpha value is -2.52. The minimum atomic E-state index is -0.636. The van der Waals surface area contributed by atoms with Crippen LogP contribution in [-0.2, 0) is 15.1 Å². The van der Waals surface area contributed by atoms with E-state index in [9.17, 15) is 9.59 Å². The summed E-state index contributed by atoms with van der Waals surface area (Å²) in [6.45, 7) is 14.3. The number of likely N-dealkylation sites (N-methyl/N-ethyl adjacent to an activating group) is 1. The Morgan fingerprint density at radius 2 is 1.53 bits per heavy atom. The number of hydrogen-bond donors (Lipinski definition) is 0. The van der Waals surface area contributed by atoms with Gasteiger partial charge in [-0.3, -0.25) is 14.5 Å². The molecule has 0 N–H and O–H groups in total. The van der Waals surface area contributed by atoms with Crippen molar-refractivity contribution in [3.05, 3.63) is 80.3 Å². The molecule has 0 unspecified atom stereocenters. The SMILES string of the molecule is CC(C)C1=C(C(=O)N2[C@H](C)CC[C@H]2C(=O)N2C[C@@H](C)N(C)C[C@H]2C)SC2=N[C@@](C)(c3ccc(Cl)cc3)[C@@H](c3ccc(Cl)cc3)N21. The molecule has 4 aliphatic rings. The molecule has 2 aromatic carbocycles. The number of fused-ring (bicyclic) bond motifs is 1. The van der Waals surface area contributed by atoms with Gasteiger partial charge in [-0.05, 0) is 101 Å². The fourth-order valence-corrected chi connectivity index (χ4v) is 9.15. The number of likely N-dealkylation sites (tertiary alicyclic amines) is 1. The normalized spacial score (nSPS) is 30.4. The van der Waals surface area contributed by atoms with Crippen LogP contribution in [0.15, 0.2) is 64.1 Å². The molecule has 2 fully saturated rings. The number of amidine groups is 1. The van der Waals surface area contributed by atoms with E-state index in [0.717, 1.165) is 35.0 Å². The van der Waals surface area contributed by atoms with Crippen molar-refractivity contribution < 1.29 is 9.59 Å². The van der Waals surface area contributed by atoms with Gasteiger partial charge in [0.25, 0.3) is 5.91 Å². The van der Waals surface area contributed by atoms with Gasteiger partial charge in [0.2, 0.25) is 5.91 Å². The van der Waals surface area contributed by atoms with Crippen LogP contribution in [-0.4, -0.2) is 80.9 Å². The van der Waals surface area contributed by atoms with Crippen LogP contribution in [0.2, 0.25) is 10.0 Å². The molecule has 0 radical (unpaired) electrons. The Bertz CT molecular complexity index is 1540. The van der Waals surface area contributed by atoms with Crippen molar-refractivity contribution >= 4 is 51.9 Å². The van der Waals surface area contributed by atoms with Gasteiger partial charge in [-0.1, -0.05) is 61.3 Å². The molecular formula is C35H43Cl2N5O2S. The Morgan fingerprint density at radius 3 is 2.16 bits per heavy atom. The maximum absolute atomic E-state index is 14.7. The first-order valence-corrected chi connectivity index (χ1v) is 17.5. The van der Waals surface area contributed by atoms with E-state index in [1.54, 1.807) is 0 Å². The van der Waals surface area contributed by atoms with Crippen molar-refractivity contribution in [2.75, 3.05) is 20.1 Å². The summed E-state index contributed by atoms with van der Waals surface area (Å²) < 4.78 is 0. The monoisotopic (exact) mass is 667 g/mol. The zero-order chi connectivity index (χ0) is 32.4. The van der Waals surface area contributed by atoms with E-state index in [2.05, 4.69) is 70.5 Å². The highest BCUT2D eigenvalue weighted by molar-refractivity contribution is 8.18. The summed E-state index contributed by atoms with van der Waals surface area (Å²) in [5, 5.41) is 2.14. The Kier molecular flexibility index (Phi) is 8.83. The van der Waals surface area contributed by atoms with Crippen LogP contribution in [0.5, 0.6) is 0 Å². The lowest BCUT2D eigenvalue weighted by Gasteiger charge is -2.44. The topological polar surface area (TPSA) is 59.5 Å². The van der Waals surface area contributed by atoms with E-state index >= 15 is 0 Å². The molecule has 0 aliphatic carbocycles. The van der Waals surface area contributed by atoms with Crippen LogP contribution in [0.4, 0.5) is 0 Å². The predicted molar refractivity (Wildman–Crippen MR) is 184 cm³/mol. The molecule has 0 saturated carbocycles. The van der Waals surface area contributed by atoms with Gasteiger partial charge < -0.3 is 14.7 Å². The average molecular weight is 669 g/mol. The van der Waals surface area contributed by atoms with Crippen LogP contribution < -0.4 is 0 Å². The number of hydrogen-bond acceptors (Lipinski definition) is 6. The number of benzene rings is 2. The molecule has 0 aromatic heterocycles. The third-order valence-corrected chi connectivity index (χ3v) is 11.7. The van der Waals surface area contributed by atoms with Crippen LogP contribution >= 0.6 is 35.0 Å². The molecule has 6 atom stereocenters. The number of allylic oxidation sites excluding steroid dienone is 1. The second-order valence-electron chi connectivity index (χ2n) is 13.6. The molecule has 7 nitrogen and oxygen atoms in total. The van der Waals surface area contributed by atoms with Gasteiger partial charge in [-0.25, -0.2) is 4.99 Å². The standard InChI is InChI=1S/C35H43Cl2N5O2S/c1-20(2)29-30(33(44)41-21(3)8-17-28(41)32(43)40-19-22(4)39(7)18-23(40)5)45-34-38-35(6,25-11-15-27(37)16-12-25)31(42(29)34)24-9-13-26(36)14-10-24/h9-16,20-23,28,31H,8,17-19H2,1-7H3/t21-,22-,23-,28+,31-,35+/m1/s1. The molecule has 45 heavy (non-hydrogen) atoms. The van der Waals surface area contributed by atoms with E-state index < -0.39 is 11.6 Å². The van der Waals surface area contributed by atoms with Gasteiger partial charge >= 0.3 is 0 Å². The van der Waals surface area contributed by atoms with Crippen LogP contribution in [0.3, 0.4) is 0 Å². The first kappa shape index (κ1) is 32.4. The van der Waals surface area contributed by atoms with Crippen molar-refractivity contribution in [3.8, 4) is 0 Å². The van der Waals surface area contributed by atoms with Crippen LogP contribution in [0.1, 0.15) is 71.6 Å². The lowest BCUT2D eigenvalue weighted by molar-refractivity contribution is -0.147. The maximum atomic E-state index is 14.7. The van der Waals surface area contributed by atoms with Gasteiger partial charge in [0.05, 0.1) is 6.04 Å². The quantitative estimate of drug-likeness (QED) is 0.339. The van der Waals surface area contributed by atoms with Crippen LogP contribution in [0.25, 0.3) is 0 Å². The number of rotatable bonds is 5. The Balaban J connectivity index is 1.39. The largest absolute Gasteiger partial charge is 0.335 e. The van der Waals surface area contributed by atoms with Crippen molar-refractivity contribution in [1.82, 2.24) is 19.6 Å². The summed E-state index contributed by atoms with van der Waals surface area (Å²) in [6.07, 6.45) is 1.49. The van der Waals surface area contributed by atoms with E-state index in [-0.39, 0.29) is 41.9 Å². The van der Waals surface area contributed by atoms with Crippen LogP contribution in [0, 0.1) is 5.92 Å². The molecular weight excluding hydrogens is 625 g/mol. The number of thioether (sulfide) groups is 1. The van der Waals surface area contributed by atoms with Gasteiger partial charge in [0.1, 0.15) is 16.5 Å². The molecule has 0 spiro atoms. The highest BCUT2D eigenvalue weighted by Crippen LogP contribution is 2.56. The van der Waals surface area contributed by atoms with Crippen molar-refractivity contribution in [1.29, 1.82) is 0 Å². The number of amides is 2. The van der Waals surface area contributed by atoms with Crippen molar-refractivity contribution in [3.63, 3.8) is 0 Å². The van der Waals surface area contributed by atoms with Gasteiger partial charge in [-0.2, -0.15) is 0 Å². The molecule has 2 aromatic rings. The first-order chi connectivity index (χ1) is 21.3. The lowest BCUT2D eigenvalue weighted by Crippen LogP contribution is -2.60. The molecule has 0 bridgehead atoms. The summed E-state index contributed by atoms with van der Waals surface area (Å²) in [5.74, 6) is 0.0427. The Labute approximate surface area is 281 Å². The molecule has 2 saturated heterocycles. The fourth-order valence-electron chi connectivity index (χ4n) is 7.55. The Morgan fingerprint density at radius 1 is 0.911 bits per heavy atom. The fraction of sp³-hybridized carbons (Fsp3) is 0.514. The van der Waals surface area contributed by atoms with E-state index in [0.29, 0.717) is 27.9 Å². The molecule has 10 heteroatoms. The number of nitrogens with zero attached hydrogens (tertiary/aromatic N) is 5. The minimum absolute atomic E-state index is 0.0306. The number of piperazine rings is 1. The summed E-state index contributed by atoms with van der Waals surface area (Å²) in [4.78, 5) is 43.3. The predicted octanol–water partition coefficient (Wildman–Crippen LogP) is 7.17. The second kappa shape index (κ2) is 12.3. The van der Waals surface area contributed by atoms with E-state index in [1.165, 1.54) is 11.8 Å². The first-order valence-electron chi connectivity index (χ1n) is 16.0. The maximum Gasteiger partial charge on any atom is 0.263 e. The van der Waals surface area contributed by atoms with Gasteiger partial charge in [0.15, 0.2) is 5.17 Å². The summed E-state index contributed by atoms with van der Waals surface area (Å²) in [7, 11) is 2.11. The lowest BCUT2D eigenvalue weighted by atomic mass is 9.81. The number of carbonyl (C=O) groups is 2. The smallest absolute Gasteiger partial charge is 0.263 e. The number of carbonyl (C=O) groups excluding carboxylic acids is 2. The number of halogens is 2. The molecule has 2 amide bonds. The minimum Gasteiger partial charge on any atom is -0.335 e. The zero-order valence-electron chi connectivity index (χ0n) is 27.1. The molecule has 6 rings (SSSR count). The average Bonchev–Trinajstić information content (AvgIpc) is 3.64. The van der Waals surface area contributed by atoms with Gasteiger partial charge in [0, 0.05) is 47.0 Å². The summed E-state index contributed by atoms with van der Waals surface area (Å²) in [6, 6.07) is 15.5. The van der Waals surface area contributed by atoms with Crippen molar-refractivity contribution in [2.24, 2.45) is 10.9 Å².